The van der Waals surface area contributed by atoms with Gasteiger partial charge in [0, 0.05) is 18.7 Å². The van der Waals surface area contributed by atoms with Crippen molar-refractivity contribution in [1.82, 2.24) is 14.6 Å². The van der Waals surface area contributed by atoms with Gasteiger partial charge in [0.1, 0.15) is 17.2 Å². The number of unbranched alkanes of at least 4 members (excludes halogenated alkanes) is 1. The number of benzene rings is 1. The fraction of sp³-hybridized carbons (Fsp3) is 0.476. The van der Waals surface area contributed by atoms with E-state index in [9.17, 15) is 18.4 Å². The van der Waals surface area contributed by atoms with Crippen molar-refractivity contribution >= 4 is 28.5 Å². The highest BCUT2D eigenvalue weighted by atomic mass is 32.1. The number of rotatable bonds is 13. The minimum Gasteiger partial charge on any atom is -0.471 e. The lowest BCUT2D eigenvalue weighted by atomic mass is 10.1. The van der Waals surface area contributed by atoms with Crippen LogP contribution in [0.4, 0.5) is 18.6 Å². The Hall–Kier alpha value is -2.83. The van der Waals surface area contributed by atoms with Gasteiger partial charge in [-0.3, -0.25) is 10.1 Å². The SMILES string of the molecule is CCN(CCO)CCCCNC(=O)Nc1snc(OCc2ccc(C)c(F)c2F)c1C(N)=O. The fourth-order valence-electron chi connectivity index (χ4n) is 3.00. The summed E-state index contributed by atoms with van der Waals surface area (Å²) in [5.41, 5.74) is 5.37. The number of aliphatic hydroxyl groups excluding tert-OH is 1. The van der Waals surface area contributed by atoms with Crippen LogP contribution < -0.4 is 21.1 Å². The number of primary amides is 1. The highest BCUT2D eigenvalue weighted by molar-refractivity contribution is 7.11. The van der Waals surface area contributed by atoms with Gasteiger partial charge in [-0.15, -0.1) is 0 Å². The van der Waals surface area contributed by atoms with Crippen LogP contribution in [-0.4, -0.2) is 59.1 Å². The van der Waals surface area contributed by atoms with Crippen molar-refractivity contribution in [2.75, 3.05) is 38.1 Å². The maximum absolute atomic E-state index is 14.0. The zero-order chi connectivity index (χ0) is 24.4. The molecule has 2 rings (SSSR count). The number of aromatic nitrogens is 1. The zero-order valence-electron chi connectivity index (χ0n) is 18.6. The molecule has 0 radical (unpaired) electrons. The number of nitrogens with one attached hydrogen (secondary N) is 2. The minimum atomic E-state index is -1.04. The van der Waals surface area contributed by atoms with E-state index in [-0.39, 0.29) is 40.8 Å². The summed E-state index contributed by atoms with van der Waals surface area (Å²) in [6, 6.07) is 2.25. The maximum atomic E-state index is 14.0. The summed E-state index contributed by atoms with van der Waals surface area (Å²) in [7, 11) is 0. The zero-order valence-corrected chi connectivity index (χ0v) is 19.4. The number of aliphatic hydroxyl groups is 1. The first-order valence-corrected chi connectivity index (χ1v) is 11.3. The average molecular weight is 486 g/mol. The monoisotopic (exact) mass is 485 g/mol. The first-order valence-electron chi connectivity index (χ1n) is 10.5. The lowest BCUT2D eigenvalue weighted by Crippen LogP contribution is -2.31. The molecule has 33 heavy (non-hydrogen) atoms. The number of aryl methyl sites for hydroxylation is 1. The van der Waals surface area contributed by atoms with Crippen molar-refractivity contribution in [3.63, 3.8) is 0 Å². The first-order chi connectivity index (χ1) is 15.8. The van der Waals surface area contributed by atoms with E-state index in [0.29, 0.717) is 13.1 Å². The molecular weight excluding hydrogens is 456 g/mol. The summed E-state index contributed by atoms with van der Waals surface area (Å²) in [4.78, 5) is 26.2. The largest absolute Gasteiger partial charge is 0.471 e. The number of carbonyl (C=O) groups excluding carboxylic acids is 2. The lowest BCUT2D eigenvalue weighted by Gasteiger charge is -2.18. The molecule has 0 aliphatic carbocycles. The molecule has 0 bridgehead atoms. The molecule has 12 heteroatoms. The molecule has 0 aliphatic rings. The average Bonchev–Trinajstić information content (AvgIpc) is 3.18. The Morgan fingerprint density at radius 2 is 2.00 bits per heavy atom. The molecule has 9 nitrogen and oxygen atoms in total. The number of carbonyl (C=O) groups is 2. The van der Waals surface area contributed by atoms with E-state index < -0.39 is 23.6 Å². The molecule has 182 valence electrons. The van der Waals surface area contributed by atoms with Crippen molar-refractivity contribution in [2.24, 2.45) is 5.73 Å². The summed E-state index contributed by atoms with van der Waals surface area (Å²) in [5, 5.41) is 14.3. The second-order valence-electron chi connectivity index (χ2n) is 7.26. The highest BCUT2D eigenvalue weighted by Crippen LogP contribution is 2.31. The molecule has 0 saturated carbocycles. The fourth-order valence-corrected chi connectivity index (χ4v) is 3.74. The van der Waals surface area contributed by atoms with Crippen molar-refractivity contribution < 1.29 is 28.2 Å². The number of halogens is 2. The van der Waals surface area contributed by atoms with Gasteiger partial charge in [-0.05, 0) is 50.0 Å². The number of nitrogens with zero attached hydrogens (tertiary/aromatic N) is 2. The quantitative estimate of drug-likeness (QED) is 0.323. The minimum absolute atomic E-state index is 0.0469. The molecule has 0 atom stereocenters. The number of hydrogen-bond acceptors (Lipinski definition) is 7. The van der Waals surface area contributed by atoms with Crippen LogP contribution >= 0.6 is 11.5 Å². The molecule has 0 spiro atoms. The summed E-state index contributed by atoms with van der Waals surface area (Å²) >= 11 is 0.788. The van der Waals surface area contributed by atoms with E-state index in [0.717, 1.165) is 37.5 Å². The van der Waals surface area contributed by atoms with Crippen LogP contribution in [0.15, 0.2) is 12.1 Å². The molecule has 1 heterocycles. The standard InChI is InChI=1S/C21H29F2N5O4S/c1-3-28(10-11-29)9-5-4-8-25-21(31)26-20-15(18(24)30)19(27-33-20)32-12-14-7-6-13(2)16(22)17(14)23/h6-7,29H,3-5,8-12H2,1-2H3,(H2,24,30)(H2,25,26,31). The van der Waals surface area contributed by atoms with E-state index >= 15 is 0 Å². The van der Waals surface area contributed by atoms with Gasteiger partial charge in [0.2, 0.25) is 5.88 Å². The Bertz CT molecular complexity index is 957. The Morgan fingerprint density at radius 3 is 2.67 bits per heavy atom. The Balaban J connectivity index is 1.90. The molecule has 3 amide bonds. The van der Waals surface area contributed by atoms with E-state index in [1.165, 1.54) is 19.1 Å². The number of nitrogens with two attached hydrogens (primary N) is 1. The predicted octanol–water partition coefficient (Wildman–Crippen LogP) is 2.62. The molecule has 0 unspecified atom stereocenters. The molecule has 2 aromatic rings. The van der Waals surface area contributed by atoms with Crippen LogP contribution in [0, 0.1) is 18.6 Å². The summed E-state index contributed by atoms with van der Waals surface area (Å²) in [6.45, 7) is 5.86. The van der Waals surface area contributed by atoms with E-state index in [2.05, 4.69) is 19.9 Å². The third kappa shape index (κ3) is 7.62. The number of anilines is 1. The Morgan fingerprint density at radius 1 is 1.24 bits per heavy atom. The Kier molecular flexibility index (Phi) is 10.4. The van der Waals surface area contributed by atoms with Crippen molar-refractivity contribution in [3.05, 3.63) is 40.5 Å². The predicted molar refractivity (Wildman–Crippen MR) is 122 cm³/mol. The van der Waals surface area contributed by atoms with E-state index in [4.69, 9.17) is 15.6 Å². The Labute approximate surface area is 195 Å². The second kappa shape index (κ2) is 13.0. The molecule has 1 aromatic heterocycles. The molecule has 0 saturated heterocycles. The summed E-state index contributed by atoms with van der Waals surface area (Å²) < 4.78 is 37.1. The smallest absolute Gasteiger partial charge is 0.319 e. The highest BCUT2D eigenvalue weighted by Gasteiger charge is 2.22. The maximum Gasteiger partial charge on any atom is 0.319 e. The van der Waals surface area contributed by atoms with E-state index in [1.807, 2.05) is 6.92 Å². The van der Waals surface area contributed by atoms with Crippen LogP contribution in [0.25, 0.3) is 0 Å². The lowest BCUT2D eigenvalue weighted by molar-refractivity contribution is 0.0996. The number of amides is 3. The third-order valence-electron chi connectivity index (χ3n) is 4.90. The van der Waals surface area contributed by atoms with Gasteiger partial charge in [-0.25, -0.2) is 13.6 Å². The van der Waals surface area contributed by atoms with Gasteiger partial charge in [0.05, 0.1) is 6.61 Å². The second-order valence-corrected chi connectivity index (χ2v) is 8.03. The number of likely N-dealkylation sites (N-methyl/N-ethyl adjacent to an activating group) is 1. The number of hydrogen-bond donors (Lipinski definition) is 4. The topological polar surface area (TPSA) is 130 Å². The first kappa shape index (κ1) is 26.4. The molecule has 0 aliphatic heterocycles. The van der Waals surface area contributed by atoms with Gasteiger partial charge in [-0.1, -0.05) is 19.1 Å². The van der Waals surface area contributed by atoms with Gasteiger partial charge < -0.3 is 25.8 Å². The normalized spacial score (nSPS) is 11.0. The van der Waals surface area contributed by atoms with Gasteiger partial charge in [0.15, 0.2) is 11.6 Å². The van der Waals surface area contributed by atoms with Gasteiger partial charge >= 0.3 is 6.03 Å². The van der Waals surface area contributed by atoms with Gasteiger partial charge in [0.25, 0.3) is 5.91 Å². The number of urea groups is 1. The van der Waals surface area contributed by atoms with Crippen molar-refractivity contribution in [3.8, 4) is 5.88 Å². The summed E-state index contributed by atoms with van der Waals surface area (Å²) in [5.74, 6) is -3.07. The van der Waals surface area contributed by atoms with Crippen LogP contribution in [0.1, 0.15) is 41.3 Å². The summed E-state index contributed by atoms with van der Waals surface area (Å²) in [6.07, 6.45) is 1.57. The molecule has 1 aromatic carbocycles. The third-order valence-corrected chi connectivity index (χ3v) is 5.65. The van der Waals surface area contributed by atoms with Crippen molar-refractivity contribution in [2.45, 2.75) is 33.3 Å². The number of ether oxygens (including phenoxy) is 1. The van der Waals surface area contributed by atoms with Crippen LogP contribution in [0.3, 0.4) is 0 Å². The van der Waals surface area contributed by atoms with Crippen LogP contribution in [0.2, 0.25) is 0 Å². The van der Waals surface area contributed by atoms with Crippen molar-refractivity contribution in [1.29, 1.82) is 0 Å². The molecular formula is C21H29F2N5O4S. The van der Waals surface area contributed by atoms with E-state index in [1.54, 1.807) is 0 Å². The molecule has 5 N–H and O–H groups in total. The molecule has 0 fully saturated rings. The van der Waals surface area contributed by atoms with Gasteiger partial charge in [-0.2, -0.15) is 4.37 Å². The van der Waals surface area contributed by atoms with Crippen LogP contribution in [0.5, 0.6) is 5.88 Å². The van der Waals surface area contributed by atoms with Crippen LogP contribution in [-0.2, 0) is 6.61 Å².